The van der Waals surface area contributed by atoms with Gasteiger partial charge in [0.2, 0.25) is 12.3 Å². The Labute approximate surface area is 129 Å². The fraction of sp³-hybridized carbons (Fsp3) is 0.533. The number of hydrogen-bond donors (Lipinski definition) is 0. The highest BCUT2D eigenvalue weighted by Crippen LogP contribution is 2.18. The van der Waals surface area contributed by atoms with Crippen LogP contribution in [0.2, 0.25) is 0 Å². The molecule has 0 N–H and O–H groups in total. The molecule has 2 aliphatic heterocycles. The first-order valence-corrected chi connectivity index (χ1v) is 7.52. The molecular formula is C15H20N4O3. The number of piperazine rings is 1. The number of nitrogens with zero attached hydrogens (tertiary/aromatic N) is 4. The summed E-state index contributed by atoms with van der Waals surface area (Å²) in [6, 6.07) is 3.41. The molecule has 118 valence electrons. The standard InChI is InChI=1S/C15H20N4O3/c20-12-19-5-4-18(13-2-1-3-16-10-13)11-14(19)15(21)17-6-8-22-9-7-17/h1-3,10,12,14H,4-9,11H2. The van der Waals surface area contributed by atoms with Gasteiger partial charge in [0, 0.05) is 38.9 Å². The third-order valence-corrected chi connectivity index (χ3v) is 4.18. The molecule has 0 bridgehead atoms. The average molecular weight is 304 g/mol. The summed E-state index contributed by atoms with van der Waals surface area (Å²) in [5, 5.41) is 0. The van der Waals surface area contributed by atoms with Gasteiger partial charge in [-0.05, 0) is 12.1 Å². The van der Waals surface area contributed by atoms with Crippen LogP contribution in [0.15, 0.2) is 24.5 Å². The molecule has 0 spiro atoms. The lowest BCUT2D eigenvalue weighted by Crippen LogP contribution is -2.60. The monoisotopic (exact) mass is 304 g/mol. The van der Waals surface area contributed by atoms with Crippen LogP contribution in [-0.2, 0) is 14.3 Å². The Balaban J connectivity index is 1.74. The Hall–Kier alpha value is -2.15. The van der Waals surface area contributed by atoms with E-state index in [-0.39, 0.29) is 5.91 Å². The summed E-state index contributed by atoms with van der Waals surface area (Å²) in [7, 11) is 0. The van der Waals surface area contributed by atoms with Crippen molar-refractivity contribution in [2.45, 2.75) is 6.04 Å². The zero-order valence-electron chi connectivity index (χ0n) is 12.4. The van der Waals surface area contributed by atoms with E-state index in [2.05, 4.69) is 9.88 Å². The van der Waals surface area contributed by atoms with Crippen molar-refractivity contribution in [1.82, 2.24) is 14.8 Å². The van der Waals surface area contributed by atoms with Crippen molar-refractivity contribution in [3.63, 3.8) is 0 Å². The van der Waals surface area contributed by atoms with Gasteiger partial charge in [0.15, 0.2) is 0 Å². The number of hydrogen-bond acceptors (Lipinski definition) is 5. The Kier molecular flexibility index (Phi) is 4.53. The highest BCUT2D eigenvalue weighted by Gasteiger charge is 2.35. The molecule has 0 aromatic carbocycles. The van der Waals surface area contributed by atoms with Gasteiger partial charge in [-0.1, -0.05) is 0 Å². The van der Waals surface area contributed by atoms with Crippen LogP contribution >= 0.6 is 0 Å². The SMILES string of the molecule is O=CN1CCN(c2cccnc2)CC1C(=O)N1CCOCC1. The number of carbonyl (C=O) groups excluding carboxylic acids is 2. The first kappa shape index (κ1) is 14.8. The lowest BCUT2D eigenvalue weighted by Gasteiger charge is -2.42. The smallest absolute Gasteiger partial charge is 0.247 e. The lowest BCUT2D eigenvalue weighted by atomic mass is 10.1. The molecule has 2 aliphatic rings. The molecule has 2 saturated heterocycles. The molecule has 1 atom stereocenters. The van der Waals surface area contributed by atoms with Crippen LogP contribution in [-0.4, -0.2) is 79.1 Å². The number of pyridine rings is 1. The van der Waals surface area contributed by atoms with E-state index >= 15 is 0 Å². The van der Waals surface area contributed by atoms with Crippen LogP contribution in [0.3, 0.4) is 0 Å². The van der Waals surface area contributed by atoms with Crippen LogP contribution in [0.25, 0.3) is 0 Å². The number of rotatable bonds is 3. The second-order valence-corrected chi connectivity index (χ2v) is 5.45. The van der Waals surface area contributed by atoms with E-state index in [4.69, 9.17) is 4.74 Å². The Bertz CT molecular complexity index is 519. The van der Waals surface area contributed by atoms with Crippen molar-refractivity contribution in [2.75, 3.05) is 50.8 Å². The van der Waals surface area contributed by atoms with Gasteiger partial charge in [-0.2, -0.15) is 0 Å². The predicted molar refractivity (Wildman–Crippen MR) is 80.4 cm³/mol. The normalized spacial score (nSPS) is 22.5. The summed E-state index contributed by atoms with van der Waals surface area (Å²) >= 11 is 0. The number of aromatic nitrogens is 1. The van der Waals surface area contributed by atoms with Gasteiger partial charge < -0.3 is 19.4 Å². The first-order valence-electron chi connectivity index (χ1n) is 7.52. The largest absolute Gasteiger partial charge is 0.378 e. The van der Waals surface area contributed by atoms with Crippen molar-refractivity contribution in [3.8, 4) is 0 Å². The van der Waals surface area contributed by atoms with Gasteiger partial charge in [0.25, 0.3) is 0 Å². The summed E-state index contributed by atoms with van der Waals surface area (Å²) in [5.74, 6) is 0.00369. The van der Waals surface area contributed by atoms with Crippen molar-refractivity contribution < 1.29 is 14.3 Å². The molecule has 2 fully saturated rings. The maximum Gasteiger partial charge on any atom is 0.247 e. The number of morpholine rings is 1. The van der Waals surface area contributed by atoms with Gasteiger partial charge in [0.1, 0.15) is 6.04 Å². The van der Waals surface area contributed by atoms with Crippen molar-refractivity contribution in [1.29, 1.82) is 0 Å². The second-order valence-electron chi connectivity index (χ2n) is 5.45. The highest BCUT2D eigenvalue weighted by atomic mass is 16.5. The maximum atomic E-state index is 12.7. The summed E-state index contributed by atoms with van der Waals surface area (Å²) < 4.78 is 5.29. The molecule has 0 aliphatic carbocycles. The Morgan fingerprint density at radius 1 is 1.27 bits per heavy atom. The van der Waals surface area contributed by atoms with Crippen LogP contribution < -0.4 is 4.90 Å². The van der Waals surface area contributed by atoms with E-state index in [1.807, 2.05) is 12.1 Å². The van der Waals surface area contributed by atoms with Crippen LogP contribution in [0, 0.1) is 0 Å². The fourth-order valence-corrected chi connectivity index (χ4v) is 2.91. The van der Waals surface area contributed by atoms with Crippen molar-refractivity contribution >= 4 is 18.0 Å². The average Bonchev–Trinajstić information content (AvgIpc) is 2.62. The van der Waals surface area contributed by atoms with E-state index in [0.29, 0.717) is 45.9 Å². The van der Waals surface area contributed by atoms with E-state index in [9.17, 15) is 9.59 Å². The number of carbonyl (C=O) groups is 2. The number of anilines is 1. The molecule has 3 rings (SSSR count). The third kappa shape index (κ3) is 3.04. The molecule has 1 aromatic heterocycles. The van der Waals surface area contributed by atoms with Gasteiger partial charge in [-0.3, -0.25) is 14.6 Å². The van der Waals surface area contributed by atoms with Gasteiger partial charge in [-0.15, -0.1) is 0 Å². The van der Waals surface area contributed by atoms with E-state index in [1.165, 1.54) is 0 Å². The van der Waals surface area contributed by atoms with Crippen LogP contribution in [0.4, 0.5) is 5.69 Å². The predicted octanol–water partition coefficient (Wildman–Crippen LogP) is -0.413. The summed E-state index contributed by atoms with van der Waals surface area (Å²) in [6.45, 7) is 4.05. The minimum atomic E-state index is -0.440. The minimum absolute atomic E-state index is 0.00369. The van der Waals surface area contributed by atoms with E-state index in [1.54, 1.807) is 22.2 Å². The van der Waals surface area contributed by atoms with Crippen molar-refractivity contribution in [2.24, 2.45) is 0 Å². The Morgan fingerprint density at radius 2 is 2.09 bits per heavy atom. The van der Waals surface area contributed by atoms with E-state index in [0.717, 1.165) is 12.1 Å². The fourth-order valence-electron chi connectivity index (χ4n) is 2.91. The lowest BCUT2D eigenvalue weighted by molar-refractivity contribution is -0.144. The van der Waals surface area contributed by atoms with Crippen LogP contribution in [0.1, 0.15) is 0 Å². The van der Waals surface area contributed by atoms with Crippen molar-refractivity contribution in [3.05, 3.63) is 24.5 Å². The minimum Gasteiger partial charge on any atom is -0.378 e. The van der Waals surface area contributed by atoms with Crippen LogP contribution in [0.5, 0.6) is 0 Å². The molecule has 7 heteroatoms. The first-order chi connectivity index (χ1) is 10.8. The summed E-state index contributed by atoms with van der Waals surface area (Å²) in [6.07, 6.45) is 4.29. The summed E-state index contributed by atoms with van der Waals surface area (Å²) in [5.41, 5.74) is 0.979. The zero-order chi connectivity index (χ0) is 15.4. The summed E-state index contributed by atoms with van der Waals surface area (Å²) in [4.78, 5) is 33.6. The van der Waals surface area contributed by atoms with Gasteiger partial charge >= 0.3 is 0 Å². The molecule has 3 heterocycles. The molecule has 0 radical (unpaired) electrons. The quantitative estimate of drug-likeness (QED) is 0.710. The number of ether oxygens (including phenoxy) is 1. The number of amides is 2. The Morgan fingerprint density at radius 3 is 2.77 bits per heavy atom. The molecule has 7 nitrogen and oxygen atoms in total. The molecular weight excluding hydrogens is 284 g/mol. The molecule has 0 saturated carbocycles. The molecule has 2 amide bonds. The second kappa shape index (κ2) is 6.74. The highest BCUT2D eigenvalue weighted by molar-refractivity contribution is 5.85. The van der Waals surface area contributed by atoms with Gasteiger partial charge in [0.05, 0.1) is 25.1 Å². The van der Waals surface area contributed by atoms with Gasteiger partial charge in [-0.25, -0.2) is 0 Å². The third-order valence-electron chi connectivity index (χ3n) is 4.18. The molecule has 1 aromatic rings. The molecule has 1 unspecified atom stereocenters. The molecule has 22 heavy (non-hydrogen) atoms. The van der Waals surface area contributed by atoms with E-state index < -0.39 is 6.04 Å². The maximum absolute atomic E-state index is 12.7. The topological polar surface area (TPSA) is 66.0 Å². The zero-order valence-corrected chi connectivity index (χ0v) is 12.4.